The van der Waals surface area contributed by atoms with E-state index >= 15 is 0 Å². The van der Waals surface area contributed by atoms with Crippen LogP contribution >= 0.6 is 11.6 Å². The highest BCUT2D eigenvalue weighted by atomic mass is 35.5. The van der Waals surface area contributed by atoms with Gasteiger partial charge in [0.25, 0.3) is 17.5 Å². The van der Waals surface area contributed by atoms with E-state index in [1.54, 1.807) is 48.8 Å². The number of carbonyl (C=O) groups excluding carboxylic acids is 3. The molecule has 0 saturated carbocycles. The van der Waals surface area contributed by atoms with Gasteiger partial charge in [0, 0.05) is 30.6 Å². The number of hydrogen-bond donors (Lipinski definition) is 0. The normalized spacial score (nSPS) is 15.5. The molecule has 0 bridgehead atoms. The van der Waals surface area contributed by atoms with Crippen LogP contribution in [0.3, 0.4) is 0 Å². The minimum absolute atomic E-state index is 0.0193. The third-order valence-corrected chi connectivity index (χ3v) is 5.84. The third kappa shape index (κ3) is 4.51. The molecule has 1 unspecified atom stereocenters. The number of aromatic nitrogens is 1. The first-order valence-electron chi connectivity index (χ1n) is 10.3. The summed E-state index contributed by atoms with van der Waals surface area (Å²) in [5, 5.41) is 11.2. The first-order valence-corrected chi connectivity index (χ1v) is 10.7. The standard InChI is InChI=1S/C24H19ClN4O5/c1-15-4-7-18(8-5-15)28-22(30)12-21(24(28)32)27(14-16-3-2-10-26-13-16)23(31)17-6-9-19(25)20(11-17)29(33)34/h2-11,13,21H,12,14H2,1H3. The number of nitro groups is 1. The van der Waals surface area contributed by atoms with Crippen molar-refractivity contribution in [1.29, 1.82) is 0 Å². The minimum atomic E-state index is -1.09. The highest BCUT2D eigenvalue weighted by molar-refractivity contribution is 6.32. The SMILES string of the molecule is Cc1ccc(N2C(=O)CC(N(Cc3cccnc3)C(=O)c3ccc(Cl)c([N+](=O)[O-])c3)C2=O)cc1. The van der Waals surface area contributed by atoms with E-state index in [-0.39, 0.29) is 23.6 Å². The number of rotatable bonds is 6. The fourth-order valence-electron chi connectivity index (χ4n) is 3.79. The molecular formula is C24H19ClN4O5. The van der Waals surface area contributed by atoms with Crippen LogP contribution in [-0.2, 0) is 16.1 Å². The molecule has 0 radical (unpaired) electrons. The average Bonchev–Trinajstić information content (AvgIpc) is 3.12. The first kappa shape index (κ1) is 23.1. The van der Waals surface area contributed by atoms with Crippen LogP contribution in [0.25, 0.3) is 0 Å². The Hall–Kier alpha value is -4.11. The van der Waals surface area contributed by atoms with E-state index in [4.69, 9.17) is 11.6 Å². The maximum atomic E-state index is 13.5. The summed E-state index contributed by atoms with van der Waals surface area (Å²) < 4.78 is 0. The number of anilines is 1. The molecule has 0 spiro atoms. The van der Waals surface area contributed by atoms with E-state index in [9.17, 15) is 24.5 Å². The predicted molar refractivity (Wildman–Crippen MR) is 124 cm³/mol. The smallest absolute Gasteiger partial charge is 0.288 e. The summed E-state index contributed by atoms with van der Waals surface area (Å²) in [6.07, 6.45) is 2.90. The minimum Gasteiger partial charge on any atom is -0.322 e. The number of aryl methyl sites for hydroxylation is 1. The lowest BCUT2D eigenvalue weighted by atomic mass is 10.1. The summed E-state index contributed by atoms with van der Waals surface area (Å²) in [6, 6.07) is 12.9. The third-order valence-electron chi connectivity index (χ3n) is 5.52. The van der Waals surface area contributed by atoms with E-state index < -0.39 is 34.4 Å². The molecule has 4 rings (SSSR count). The van der Waals surface area contributed by atoms with Crippen LogP contribution in [0.4, 0.5) is 11.4 Å². The number of pyridine rings is 1. The number of carbonyl (C=O) groups is 3. The first-order chi connectivity index (χ1) is 16.3. The van der Waals surface area contributed by atoms with Gasteiger partial charge in [-0.1, -0.05) is 35.4 Å². The molecule has 172 valence electrons. The lowest BCUT2D eigenvalue weighted by molar-refractivity contribution is -0.384. The Labute approximate surface area is 199 Å². The monoisotopic (exact) mass is 478 g/mol. The van der Waals surface area contributed by atoms with Gasteiger partial charge >= 0.3 is 0 Å². The quantitative estimate of drug-likeness (QED) is 0.301. The molecule has 0 aliphatic carbocycles. The second-order valence-corrected chi connectivity index (χ2v) is 8.25. The van der Waals surface area contributed by atoms with Gasteiger partial charge in [-0.05, 0) is 42.8 Å². The van der Waals surface area contributed by atoms with E-state index in [0.717, 1.165) is 16.5 Å². The van der Waals surface area contributed by atoms with E-state index in [0.29, 0.717) is 11.3 Å². The second kappa shape index (κ2) is 9.40. The van der Waals surface area contributed by atoms with Gasteiger partial charge in [-0.15, -0.1) is 0 Å². The maximum Gasteiger partial charge on any atom is 0.288 e. The lowest BCUT2D eigenvalue weighted by Crippen LogP contribution is -2.45. The summed E-state index contributed by atoms with van der Waals surface area (Å²) >= 11 is 5.89. The summed E-state index contributed by atoms with van der Waals surface area (Å²) in [5.74, 6) is -1.62. The maximum absolute atomic E-state index is 13.5. The van der Waals surface area contributed by atoms with E-state index in [2.05, 4.69) is 4.98 Å². The van der Waals surface area contributed by atoms with Crippen molar-refractivity contribution in [2.75, 3.05) is 4.90 Å². The fourth-order valence-corrected chi connectivity index (χ4v) is 3.97. The molecule has 9 nitrogen and oxygen atoms in total. The topological polar surface area (TPSA) is 114 Å². The number of hydrogen-bond acceptors (Lipinski definition) is 6. The Balaban J connectivity index is 1.72. The number of imide groups is 1. The molecule has 1 aliphatic rings. The molecule has 2 aromatic carbocycles. The summed E-state index contributed by atoms with van der Waals surface area (Å²) in [4.78, 5) is 56.7. The highest BCUT2D eigenvalue weighted by Gasteiger charge is 2.44. The molecule has 1 atom stereocenters. The van der Waals surface area contributed by atoms with E-state index in [1.165, 1.54) is 17.0 Å². The Bertz CT molecular complexity index is 1280. The van der Waals surface area contributed by atoms with Crippen molar-refractivity contribution < 1.29 is 19.3 Å². The average molecular weight is 479 g/mol. The van der Waals surface area contributed by atoms with Gasteiger partial charge in [-0.2, -0.15) is 0 Å². The number of benzene rings is 2. The van der Waals surface area contributed by atoms with Gasteiger partial charge < -0.3 is 4.90 Å². The number of nitro benzene ring substituents is 1. The Morgan fingerprint density at radius 1 is 1.21 bits per heavy atom. The highest BCUT2D eigenvalue weighted by Crippen LogP contribution is 2.30. The van der Waals surface area contributed by atoms with E-state index in [1.807, 2.05) is 6.92 Å². The molecule has 0 N–H and O–H groups in total. The number of nitrogens with zero attached hydrogens (tertiary/aromatic N) is 4. The molecule has 1 fully saturated rings. The summed E-state index contributed by atoms with van der Waals surface area (Å²) in [6.45, 7) is 1.87. The van der Waals surface area contributed by atoms with Crippen LogP contribution in [0.2, 0.25) is 5.02 Å². The van der Waals surface area contributed by atoms with Crippen molar-refractivity contribution in [3.05, 3.63) is 98.8 Å². The lowest BCUT2D eigenvalue weighted by Gasteiger charge is -2.28. The molecule has 34 heavy (non-hydrogen) atoms. The van der Waals surface area contributed by atoms with Gasteiger partial charge in [0.2, 0.25) is 5.91 Å². The molecule has 3 aromatic rings. The van der Waals surface area contributed by atoms with Gasteiger partial charge in [0.05, 0.1) is 17.0 Å². The van der Waals surface area contributed by atoms with Crippen molar-refractivity contribution >= 4 is 40.7 Å². The summed E-state index contributed by atoms with van der Waals surface area (Å²) in [7, 11) is 0. The van der Waals surface area contributed by atoms with Crippen LogP contribution in [0.1, 0.15) is 27.9 Å². The van der Waals surface area contributed by atoms with Crippen LogP contribution in [0, 0.1) is 17.0 Å². The molecule has 3 amide bonds. The summed E-state index contributed by atoms with van der Waals surface area (Å²) in [5.41, 5.74) is 1.57. The van der Waals surface area contributed by atoms with Crippen LogP contribution < -0.4 is 4.90 Å². The van der Waals surface area contributed by atoms with Crippen molar-refractivity contribution in [2.45, 2.75) is 25.9 Å². The van der Waals surface area contributed by atoms with Crippen LogP contribution in [-0.4, -0.2) is 38.6 Å². The molecule has 10 heteroatoms. The van der Waals surface area contributed by atoms with Gasteiger partial charge in [-0.3, -0.25) is 29.5 Å². The molecule has 1 saturated heterocycles. The largest absolute Gasteiger partial charge is 0.322 e. The molecule has 2 heterocycles. The van der Waals surface area contributed by atoms with Gasteiger partial charge in [0.15, 0.2) is 0 Å². The zero-order valence-electron chi connectivity index (χ0n) is 18.1. The number of halogens is 1. The van der Waals surface area contributed by atoms with Crippen molar-refractivity contribution in [2.24, 2.45) is 0 Å². The van der Waals surface area contributed by atoms with Gasteiger partial charge in [0.1, 0.15) is 11.1 Å². The van der Waals surface area contributed by atoms with Crippen LogP contribution in [0.5, 0.6) is 0 Å². The van der Waals surface area contributed by atoms with Gasteiger partial charge in [-0.25, -0.2) is 4.90 Å². The predicted octanol–water partition coefficient (Wildman–Crippen LogP) is 3.93. The fraction of sp³-hybridized carbons (Fsp3) is 0.167. The van der Waals surface area contributed by atoms with Crippen molar-refractivity contribution in [3.63, 3.8) is 0 Å². The zero-order chi connectivity index (χ0) is 24.4. The zero-order valence-corrected chi connectivity index (χ0v) is 18.8. The Morgan fingerprint density at radius 2 is 1.94 bits per heavy atom. The molecule has 1 aromatic heterocycles. The molecular weight excluding hydrogens is 460 g/mol. The second-order valence-electron chi connectivity index (χ2n) is 7.84. The Kier molecular flexibility index (Phi) is 6.38. The molecule has 1 aliphatic heterocycles. The Morgan fingerprint density at radius 3 is 2.59 bits per heavy atom. The van der Waals surface area contributed by atoms with Crippen molar-refractivity contribution in [3.8, 4) is 0 Å². The number of amides is 3. The van der Waals surface area contributed by atoms with Crippen LogP contribution in [0.15, 0.2) is 67.0 Å². The van der Waals surface area contributed by atoms with Crippen molar-refractivity contribution in [1.82, 2.24) is 9.88 Å².